The van der Waals surface area contributed by atoms with Crippen molar-refractivity contribution in [2.24, 2.45) is 12.0 Å². The van der Waals surface area contributed by atoms with Gasteiger partial charge in [0.15, 0.2) is 5.96 Å². The van der Waals surface area contributed by atoms with E-state index in [9.17, 15) is 4.79 Å². The lowest BCUT2D eigenvalue weighted by atomic mass is 10.2. The van der Waals surface area contributed by atoms with Crippen molar-refractivity contribution < 1.29 is 4.79 Å². The van der Waals surface area contributed by atoms with Crippen LogP contribution in [0.4, 0.5) is 0 Å². The summed E-state index contributed by atoms with van der Waals surface area (Å²) in [6, 6.07) is 9.87. The number of amides is 1. The Balaban J connectivity index is 0.00000392. The summed E-state index contributed by atoms with van der Waals surface area (Å²) in [4.78, 5) is 18.7. The highest BCUT2D eigenvalue weighted by Crippen LogP contribution is 2.17. The van der Waals surface area contributed by atoms with Crippen molar-refractivity contribution in [2.75, 3.05) is 20.1 Å². The van der Waals surface area contributed by atoms with Gasteiger partial charge in [0.05, 0.1) is 12.2 Å². The van der Waals surface area contributed by atoms with Crippen molar-refractivity contribution >= 4 is 51.8 Å². The van der Waals surface area contributed by atoms with Gasteiger partial charge in [-0.3, -0.25) is 9.48 Å². The van der Waals surface area contributed by atoms with Crippen LogP contribution in [0.15, 0.2) is 46.0 Å². The van der Waals surface area contributed by atoms with Gasteiger partial charge in [-0.25, -0.2) is 4.99 Å². The first-order valence-corrected chi connectivity index (χ1v) is 9.77. The molecule has 154 valence electrons. The summed E-state index contributed by atoms with van der Waals surface area (Å²) in [5, 5.41) is 10.5. The predicted molar refractivity (Wildman–Crippen MR) is 127 cm³/mol. The summed E-state index contributed by atoms with van der Waals surface area (Å²) in [7, 11) is 3.72. The molecule has 1 amide bonds. The summed E-state index contributed by atoms with van der Waals surface area (Å²) in [6.45, 7) is 4.40. The van der Waals surface area contributed by atoms with Crippen molar-refractivity contribution in [3.63, 3.8) is 0 Å². The van der Waals surface area contributed by atoms with E-state index in [-0.39, 0.29) is 29.9 Å². The molecular formula is C19H28BrIN6O. The zero-order valence-electron chi connectivity index (χ0n) is 16.5. The average Bonchev–Trinajstić information content (AvgIpc) is 3.06. The number of carbonyl (C=O) groups excluding carboxylic acids is 1. The molecule has 0 unspecified atom stereocenters. The zero-order valence-corrected chi connectivity index (χ0v) is 20.4. The van der Waals surface area contributed by atoms with Gasteiger partial charge in [-0.15, -0.1) is 24.0 Å². The second-order valence-corrected chi connectivity index (χ2v) is 7.01. The van der Waals surface area contributed by atoms with E-state index in [0.717, 1.165) is 22.3 Å². The van der Waals surface area contributed by atoms with E-state index in [4.69, 9.17) is 0 Å². The van der Waals surface area contributed by atoms with Crippen LogP contribution in [-0.4, -0.2) is 46.7 Å². The number of aliphatic imine (C=N–C) groups is 1. The Labute approximate surface area is 192 Å². The van der Waals surface area contributed by atoms with Crippen LogP contribution in [0.25, 0.3) is 0 Å². The number of guanidine groups is 1. The molecule has 9 heteroatoms. The number of halogens is 2. The first-order valence-electron chi connectivity index (χ1n) is 8.97. The second kappa shape index (κ2) is 12.8. The number of aromatic nitrogens is 2. The normalized spacial score (nSPS) is 10.9. The Morgan fingerprint density at radius 3 is 2.68 bits per heavy atom. The maximum Gasteiger partial charge on any atom is 0.224 e. The number of nitrogens with zero attached hydrogens (tertiary/aromatic N) is 4. The van der Waals surface area contributed by atoms with Gasteiger partial charge in [-0.05, 0) is 24.6 Å². The summed E-state index contributed by atoms with van der Waals surface area (Å²) in [6.07, 6.45) is 2.15. The van der Waals surface area contributed by atoms with Crippen molar-refractivity contribution in [3.8, 4) is 0 Å². The Hall–Kier alpha value is -1.62. The highest BCUT2D eigenvalue weighted by molar-refractivity contribution is 14.0. The van der Waals surface area contributed by atoms with E-state index >= 15 is 0 Å². The van der Waals surface area contributed by atoms with E-state index in [1.54, 1.807) is 15.8 Å². The largest absolute Gasteiger partial charge is 0.357 e. The van der Waals surface area contributed by atoms with Gasteiger partial charge in [0, 0.05) is 50.8 Å². The number of carbonyl (C=O) groups is 1. The van der Waals surface area contributed by atoms with Crippen LogP contribution >= 0.6 is 39.9 Å². The van der Waals surface area contributed by atoms with Gasteiger partial charge < -0.3 is 15.5 Å². The lowest BCUT2D eigenvalue weighted by molar-refractivity contribution is -0.130. The molecule has 0 aliphatic heterocycles. The number of hydrogen-bond donors (Lipinski definition) is 2. The Morgan fingerprint density at radius 1 is 1.29 bits per heavy atom. The number of benzene rings is 1. The quantitative estimate of drug-likeness (QED) is 0.295. The topological polar surface area (TPSA) is 74.5 Å². The molecule has 2 rings (SSSR count). The molecule has 0 aliphatic rings. The van der Waals surface area contributed by atoms with Crippen molar-refractivity contribution in [1.29, 1.82) is 0 Å². The van der Waals surface area contributed by atoms with Crippen LogP contribution in [0, 0.1) is 0 Å². The molecule has 2 N–H and O–H groups in total. The summed E-state index contributed by atoms with van der Waals surface area (Å²) < 4.78 is 2.81. The van der Waals surface area contributed by atoms with E-state index in [1.165, 1.54) is 0 Å². The molecule has 0 radical (unpaired) electrons. The fourth-order valence-electron chi connectivity index (χ4n) is 2.51. The first kappa shape index (κ1) is 24.4. The minimum Gasteiger partial charge on any atom is -0.357 e. The van der Waals surface area contributed by atoms with Gasteiger partial charge in [-0.2, -0.15) is 5.10 Å². The van der Waals surface area contributed by atoms with E-state index in [1.807, 2.05) is 51.4 Å². The molecule has 0 saturated heterocycles. The number of aryl methyl sites for hydroxylation is 1. The van der Waals surface area contributed by atoms with Crippen LogP contribution in [0.2, 0.25) is 0 Å². The number of nitrogens with one attached hydrogen (secondary N) is 2. The molecule has 0 fully saturated rings. The third-order valence-electron chi connectivity index (χ3n) is 4.09. The van der Waals surface area contributed by atoms with Gasteiger partial charge in [0.2, 0.25) is 5.91 Å². The summed E-state index contributed by atoms with van der Waals surface area (Å²) in [5.41, 5.74) is 2.11. The third-order valence-corrected chi connectivity index (χ3v) is 4.86. The SMILES string of the molecule is CCNC(=NCc1ccnn1C)NCCC(=O)N(C)Cc1ccccc1Br.I. The highest BCUT2D eigenvalue weighted by Gasteiger charge is 2.11. The minimum atomic E-state index is 0. The lowest BCUT2D eigenvalue weighted by Gasteiger charge is -2.19. The number of hydrogen-bond acceptors (Lipinski definition) is 3. The zero-order chi connectivity index (χ0) is 19.6. The average molecular weight is 563 g/mol. The molecule has 0 atom stereocenters. The summed E-state index contributed by atoms with van der Waals surface area (Å²) >= 11 is 3.52. The van der Waals surface area contributed by atoms with Crippen molar-refractivity contribution in [3.05, 3.63) is 52.3 Å². The molecule has 0 saturated carbocycles. The number of rotatable bonds is 8. The minimum absolute atomic E-state index is 0. The van der Waals surface area contributed by atoms with Gasteiger partial charge in [0.1, 0.15) is 0 Å². The smallest absolute Gasteiger partial charge is 0.224 e. The van der Waals surface area contributed by atoms with Gasteiger partial charge >= 0.3 is 0 Å². The highest BCUT2D eigenvalue weighted by atomic mass is 127. The first-order chi connectivity index (χ1) is 13.0. The van der Waals surface area contributed by atoms with Crippen molar-refractivity contribution in [2.45, 2.75) is 26.4 Å². The summed E-state index contributed by atoms with van der Waals surface area (Å²) in [5.74, 6) is 0.778. The van der Waals surface area contributed by atoms with E-state index < -0.39 is 0 Å². The van der Waals surface area contributed by atoms with Crippen molar-refractivity contribution in [1.82, 2.24) is 25.3 Å². The van der Waals surface area contributed by atoms with Gasteiger partial charge in [-0.1, -0.05) is 34.1 Å². The molecule has 0 bridgehead atoms. The van der Waals surface area contributed by atoms with E-state index in [0.29, 0.717) is 32.0 Å². The molecule has 0 aliphatic carbocycles. The van der Waals surface area contributed by atoms with Crippen LogP contribution in [-0.2, 0) is 24.9 Å². The van der Waals surface area contributed by atoms with E-state index in [2.05, 4.69) is 36.7 Å². The Morgan fingerprint density at radius 2 is 2.04 bits per heavy atom. The van der Waals surface area contributed by atoms with Gasteiger partial charge in [0.25, 0.3) is 0 Å². The molecule has 1 aromatic carbocycles. The molecule has 28 heavy (non-hydrogen) atoms. The molecule has 1 heterocycles. The fourth-order valence-corrected chi connectivity index (χ4v) is 2.92. The Bertz CT molecular complexity index is 779. The maximum absolute atomic E-state index is 12.4. The molecule has 1 aromatic heterocycles. The second-order valence-electron chi connectivity index (χ2n) is 6.16. The lowest BCUT2D eigenvalue weighted by Crippen LogP contribution is -2.39. The third kappa shape index (κ3) is 7.78. The standard InChI is InChI=1S/C19H27BrN6O.HI/c1-4-21-19(23-13-16-9-12-24-26(16)3)22-11-10-18(27)25(2)14-15-7-5-6-8-17(15)20;/h5-9,12H,4,10-11,13-14H2,1-3H3,(H2,21,22,23);1H. The fraction of sp³-hybridized carbons (Fsp3) is 0.421. The van der Waals surface area contributed by atoms with Crippen LogP contribution in [0.5, 0.6) is 0 Å². The molecule has 7 nitrogen and oxygen atoms in total. The van der Waals surface area contributed by atoms with Crippen LogP contribution < -0.4 is 10.6 Å². The molecular weight excluding hydrogens is 535 g/mol. The monoisotopic (exact) mass is 562 g/mol. The maximum atomic E-state index is 12.4. The molecule has 2 aromatic rings. The Kier molecular flexibility index (Phi) is 11.1. The predicted octanol–water partition coefficient (Wildman–Crippen LogP) is 2.90. The van der Waals surface area contributed by atoms with Crippen LogP contribution in [0.3, 0.4) is 0 Å². The molecule has 0 spiro atoms. The van der Waals surface area contributed by atoms with Crippen LogP contribution in [0.1, 0.15) is 24.6 Å².